The number of likely N-dealkylation sites (tertiary alicyclic amines) is 1. The second-order valence-corrected chi connectivity index (χ2v) is 6.18. The van der Waals surface area contributed by atoms with Gasteiger partial charge in [0.1, 0.15) is 0 Å². The van der Waals surface area contributed by atoms with E-state index < -0.39 is 0 Å². The number of guanidine groups is 1. The number of nitrogens with one attached hydrogen (secondary N) is 2. The molecule has 0 aromatic carbocycles. The second kappa shape index (κ2) is 10.0. The fourth-order valence-electron chi connectivity index (χ4n) is 2.72. The fourth-order valence-corrected chi connectivity index (χ4v) is 2.72. The molecule has 20 heavy (non-hydrogen) atoms. The van der Waals surface area contributed by atoms with Gasteiger partial charge in [0, 0.05) is 25.7 Å². The fraction of sp³-hybridized carbons (Fsp3) is 0.938. The molecule has 4 nitrogen and oxygen atoms in total. The van der Waals surface area contributed by atoms with Crippen molar-refractivity contribution in [3.05, 3.63) is 0 Å². The Balaban J connectivity index is 2.34. The topological polar surface area (TPSA) is 39.7 Å². The zero-order valence-electron chi connectivity index (χ0n) is 13.9. The summed E-state index contributed by atoms with van der Waals surface area (Å²) in [5.74, 6) is 1.72. The van der Waals surface area contributed by atoms with Gasteiger partial charge < -0.3 is 15.5 Å². The molecular formula is C16H34N4. The van der Waals surface area contributed by atoms with E-state index in [9.17, 15) is 0 Å². The lowest BCUT2D eigenvalue weighted by Gasteiger charge is -2.18. The zero-order chi connectivity index (χ0) is 14.8. The Morgan fingerprint density at radius 3 is 2.75 bits per heavy atom. The molecule has 1 fully saturated rings. The molecule has 1 saturated heterocycles. The maximum atomic E-state index is 4.77. The first-order valence-corrected chi connectivity index (χ1v) is 8.39. The molecule has 1 aliphatic heterocycles. The van der Waals surface area contributed by atoms with Crippen molar-refractivity contribution in [3.8, 4) is 0 Å². The standard InChI is InChI=1S/C16H34N4/c1-5-7-8-9-14(3)19-16(17-6-2)18-12-15-10-11-20(4)13-15/h14-15H,5-13H2,1-4H3,(H2,17,18,19). The Kier molecular flexibility index (Phi) is 8.67. The van der Waals surface area contributed by atoms with Crippen LogP contribution >= 0.6 is 0 Å². The Hall–Kier alpha value is -0.770. The molecule has 0 amide bonds. The molecular weight excluding hydrogens is 248 g/mol. The van der Waals surface area contributed by atoms with Crippen molar-refractivity contribution < 1.29 is 0 Å². The summed E-state index contributed by atoms with van der Waals surface area (Å²) < 4.78 is 0. The first kappa shape index (κ1) is 17.3. The highest BCUT2D eigenvalue weighted by atomic mass is 15.2. The Labute approximate surface area is 125 Å². The second-order valence-electron chi connectivity index (χ2n) is 6.18. The number of aliphatic imine (C=N–C) groups is 1. The predicted molar refractivity (Wildman–Crippen MR) is 88.3 cm³/mol. The molecule has 0 aromatic heterocycles. The quantitative estimate of drug-likeness (QED) is 0.408. The van der Waals surface area contributed by atoms with Crippen LogP contribution in [-0.2, 0) is 0 Å². The average Bonchev–Trinajstić information content (AvgIpc) is 2.82. The van der Waals surface area contributed by atoms with Gasteiger partial charge in [-0.05, 0) is 46.2 Å². The monoisotopic (exact) mass is 282 g/mol. The minimum atomic E-state index is 0.505. The molecule has 1 aliphatic rings. The van der Waals surface area contributed by atoms with Crippen LogP contribution in [0.15, 0.2) is 4.99 Å². The maximum Gasteiger partial charge on any atom is 0.191 e. The van der Waals surface area contributed by atoms with Gasteiger partial charge in [-0.3, -0.25) is 4.99 Å². The zero-order valence-corrected chi connectivity index (χ0v) is 13.9. The normalized spacial score (nSPS) is 22.0. The molecule has 0 aliphatic carbocycles. The van der Waals surface area contributed by atoms with Crippen molar-refractivity contribution in [2.24, 2.45) is 10.9 Å². The maximum absolute atomic E-state index is 4.77. The van der Waals surface area contributed by atoms with Crippen LogP contribution < -0.4 is 10.6 Å². The van der Waals surface area contributed by atoms with E-state index in [4.69, 9.17) is 4.99 Å². The van der Waals surface area contributed by atoms with E-state index in [1.54, 1.807) is 0 Å². The third-order valence-corrected chi connectivity index (χ3v) is 3.96. The first-order valence-electron chi connectivity index (χ1n) is 8.39. The summed E-state index contributed by atoms with van der Waals surface area (Å²) in [5, 5.41) is 6.90. The molecule has 0 bridgehead atoms. The first-order chi connectivity index (χ1) is 9.65. The molecule has 1 rings (SSSR count). The molecule has 0 aromatic rings. The lowest BCUT2D eigenvalue weighted by molar-refractivity contribution is 0.397. The molecule has 1 heterocycles. The van der Waals surface area contributed by atoms with Crippen LogP contribution in [0.25, 0.3) is 0 Å². The summed E-state index contributed by atoms with van der Waals surface area (Å²) in [7, 11) is 2.20. The summed E-state index contributed by atoms with van der Waals surface area (Å²) in [6.07, 6.45) is 6.43. The number of unbranched alkanes of at least 4 members (excludes halogenated alkanes) is 2. The molecule has 2 atom stereocenters. The minimum absolute atomic E-state index is 0.505. The number of rotatable bonds is 8. The van der Waals surface area contributed by atoms with E-state index in [2.05, 4.69) is 43.4 Å². The molecule has 2 N–H and O–H groups in total. The molecule has 0 saturated carbocycles. The summed E-state index contributed by atoms with van der Waals surface area (Å²) >= 11 is 0. The highest BCUT2D eigenvalue weighted by molar-refractivity contribution is 5.80. The smallest absolute Gasteiger partial charge is 0.191 e. The van der Waals surface area contributed by atoms with E-state index in [1.807, 2.05) is 0 Å². The largest absolute Gasteiger partial charge is 0.357 e. The molecule has 118 valence electrons. The number of hydrogen-bond acceptors (Lipinski definition) is 2. The van der Waals surface area contributed by atoms with Crippen LogP contribution in [0.1, 0.15) is 52.9 Å². The molecule has 0 radical (unpaired) electrons. The van der Waals surface area contributed by atoms with Crippen LogP contribution in [0.5, 0.6) is 0 Å². The van der Waals surface area contributed by atoms with Gasteiger partial charge in [-0.25, -0.2) is 0 Å². The van der Waals surface area contributed by atoms with Crippen molar-refractivity contribution in [3.63, 3.8) is 0 Å². The van der Waals surface area contributed by atoms with Gasteiger partial charge in [0.05, 0.1) is 0 Å². The number of hydrogen-bond donors (Lipinski definition) is 2. The summed E-state index contributed by atoms with van der Waals surface area (Å²) in [6, 6.07) is 0.505. The van der Waals surface area contributed by atoms with Crippen molar-refractivity contribution in [1.82, 2.24) is 15.5 Å². The van der Waals surface area contributed by atoms with Gasteiger partial charge in [0.15, 0.2) is 5.96 Å². The van der Waals surface area contributed by atoms with Crippen molar-refractivity contribution >= 4 is 5.96 Å². The van der Waals surface area contributed by atoms with Crippen LogP contribution in [0.4, 0.5) is 0 Å². The lowest BCUT2D eigenvalue weighted by Crippen LogP contribution is -2.42. The van der Waals surface area contributed by atoms with Crippen molar-refractivity contribution in [2.75, 3.05) is 33.2 Å². The highest BCUT2D eigenvalue weighted by Crippen LogP contribution is 2.14. The van der Waals surface area contributed by atoms with E-state index in [-0.39, 0.29) is 0 Å². The van der Waals surface area contributed by atoms with Crippen LogP contribution in [-0.4, -0.2) is 50.1 Å². The van der Waals surface area contributed by atoms with Gasteiger partial charge in [-0.15, -0.1) is 0 Å². The minimum Gasteiger partial charge on any atom is -0.357 e. The van der Waals surface area contributed by atoms with E-state index in [0.717, 1.165) is 25.0 Å². The lowest BCUT2D eigenvalue weighted by atomic mass is 10.1. The van der Waals surface area contributed by atoms with Gasteiger partial charge >= 0.3 is 0 Å². The van der Waals surface area contributed by atoms with Gasteiger partial charge in [0.2, 0.25) is 0 Å². The van der Waals surface area contributed by atoms with Gasteiger partial charge in [-0.2, -0.15) is 0 Å². The van der Waals surface area contributed by atoms with Crippen molar-refractivity contribution in [2.45, 2.75) is 58.9 Å². The van der Waals surface area contributed by atoms with Crippen molar-refractivity contribution in [1.29, 1.82) is 0 Å². The van der Waals surface area contributed by atoms with E-state index >= 15 is 0 Å². The third-order valence-electron chi connectivity index (χ3n) is 3.96. The summed E-state index contributed by atoms with van der Waals surface area (Å²) in [5.41, 5.74) is 0. The molecule has 4 heteroatoms. The van der Waals surface area contributed by atoms with Crippen LogP contribution in [0.2, 0.25) is 0 Å². The Morgan fingerprint density at radius 2 is 2.15 bits per heavy atom. The Morgan fingerprint density at radius 1 is 1.35 bits per heavy atom. The summed E-state index contributed by atoms with van der Waals surface area (Å²) in [4.78, 5) is 7.16. The van der Waals surface area contributed by atoms with E-state index in [0.29, 0.717) is 6.04 Å². The third kappa shape index (κ3) is 7.13. The summed E-state index contributed by atoms with van der Waals surface area (Å²) in [6.45, 7) is 10.9. The van der Waals surface area contributed by atoms with Crippen LogP contribution in [0.3, 0.4) is 0 Å². The number of nitrogens with zero attached hydrogens (tertiary/aromatic N) is 2. The Bertz CT molecular complexity index is 278. The average molecular weight is 282 g/mol. The van der Waals surface area contributed by atoms with E-state index in [1.165, 1.54) is 45.2 Å². The molecule has 2 unspecified atom stereocenters. The predicted octanol–water partition coefficient (Wildman–Crippen LogP) is 2.46. The van der Waals surface area contributed by atoms with Crippen LogP contribution in [0, 0.1) is 5.92 Å². The SMILES string of the molecule is CCCCCC(C)NC(=NCC1CCN(C)C1)NCC. The van der Waals surface area contributed by atoms with Gasteiger partial charge in [0.25, 0.3) is 0 Å². The van der Waals surface area contributed by atoms with Gasteiger partial charge in [-0.1, -0.05) is 26.2 Å². The molecule has 0 spiro atoms. The highest BCUT2D eigenvalue weighted by Gasteiger charge is 2.19.